The lowest BCUT2D eigenvalue weighted by Crippen LogP contribution is -2.24. The van der Waals surface area contributed by atoms with Crippen LogP contribution in [-0.4, -0.2) is 46.0 Å². The molecule has 0 amide bonds. The number of halogens is 3. The van der Waals surface area contributed by atoms with Crippen LogP contribution in [0.15, 0.2) is 30.7 Å². The van der Waals surface area contributed by atoms with Gasteiger partial charge in [-0.3, -0.25) is 4.79 Å². The van der Waals surface area contributed by atoms with E-state index < -0.39 is 18.3 Å². The van der Waals surface area contributed by atoms with Crippen molar-refractivity contribution in [1.82, 2.24) is 14.9 Å². The van der Waals surface area contributed by atoms with Crippen LogP contribution in [0.2, 0.25) is 0 Å². The van der Waals surface area contributed by atoms with E-state index in [-0.39, 0.29) is 22.5 Å². The molecule has 8 heteroatoms. The van der Waals surface area contributed by atoms with Gasteiger partial charge in [0, 0.05) is 31.5 Å². The molecule has 0 saturated heterocycles. The number of hydrogen-bond donors (Lipinski definition) is 1. The largest absolute Gasteiger partial charge is 0.391 e. The Labute approximate surface area is 161 Å². The predicted octanol–water partition coefficient (Wildman–Crippen LogP) is 4.10. The first-order chi connectivity index (χ1) is 13.3. The van der Waals surface area contributed by atoms with E-state index in [0.717, 1.165) is 24.9 Å². The molecule has 150 valence electrons. The molecule has 2 rings (SSSR count). The summed E-state index contributed by atoms with van der Waals surface area (Å²) in [5.41, 5.74) is 0.190. The van der Waals surface area contributed by atoms with Crippen molar-refractivity contribution >= 4 is 12.4 Å². The van der Waals surface area contributed by atoms with Crippen LogP contribution in [0.4, 0.5) is 13.2 Å². The van der Waals surface area contributed by atoms with Crippen molar-refractivity contribution < 1.29 is 23.1 Å². The first kappa shape index (κ1) is 21.6. The highest BCUT2D eigenvalue weighted by atomic mass is 19.3. The number of likely N-dealkylation sites (N-methyl/N-ethyl adjacent to an activating group) is 1. The summed E-state index contributed by atoms with van der Waals surface area (Å²) >= 11 is 0. The second-order valence-electron chi connectivity index (χ2n) is 6.42. The SMILES string of the molecule is CCCC(O)CN(C)/C=C\c1cc(-c2ncc(C(F)F)cn2)c(F)cc1C=O. The van der Waals surface area contributed by atoms with Crippen LogP contribution in [0.1, 0.15) is 47.7 Å². The number of aliphatic hydroxyl groups excluding tert-OH is 1. The number of alkyl halides is 2. The lowest BCUT2D eigenvalue weighted by atomic mass is 10.0. The van der Waals surface area contributed by atoms with Gasteiger partial charge in [-0.05, 0) is 36.4 Å². The summed E-state index contributed by atoms with van der Waals surface area (Å²) in [4.78, 5) is 20.6. The number of hydrogen-bond acceptors (Lipinski definition) is 5. The Bertz CT molecular complexity index is 826. The van der Waals surface area contributed by atoms with Crippen LogP contribution < -0.4 is 0 Å². The maximum atomic E-state index is 14.4. The number of aliphatic hydroxyl groups is 1. The Morgan fingerprint density at radius 3 is 2.46 bits per heavy atom. The van der Waals surface area contributed by atoms with Gasteiger partial charge in [0.1, 0.15) is 5.82 Å². The molecule has 5 nitrogen and oxygen atoms in total. The minimum Gasteiger partial charge on any atom is -0.391 e. The average Bonchev–Trinajstić information content (AvgIpc) is 2.66. The molecule has 0 fully saturated rings. The van der Waals surface area contributed by atoms with Gasteiger partial charge in [0.2, 0.25) is 0 Å². The third-order valence-electron chi connectivity index (χ3n) is 4.09. The Kier molecular flexibility index (Phi) is 7.69. The molecule has 0 spiro atoms. The molecule has 0 aliphatic rings. The number of benzene rings is 1. The molecule has 0 aliphatic carbocycles. The van der Waals surface area contributed by atoms with E-state index in [1.807, 2.05) is 6.92 Å². The third-order valence-corrected chi connectivity index (χ3v) is 4.09. The van der Waals surface area contributed by atoms with E-state index in [9.17, 15) is 23.1 Å². The van der Waals surface area contributed by atoms with Crippen molar-refractivity contribution in [3.8, 4) is 11.4 Å². The molecule has 2 aromatic rings. The Hall–Kier alpha value is -2.74. The number of carbonyl (C=O) groups excluding carboxylic acids is 1. The molecule has 0 saturated carbocycles. The van der Waals surface area contributed by atoms with Gasteiger partial charge < -0.3 is 10.0 Å². The minimum atomic E-state index is -2.71. The molecular weight excluding hydrogens is 371 g/mol. The quantitative estimate of drug-likeness (QED) is 0.650. The normalized spacial score (nSPS) is 12.5. The van der Waals surface area contributed by atoms with Gasteiger partial charge in [-0.1, -0.05) is 13.3 Å². The topological polar surface area (TPSA) is 66.3 Å². The van der Waals surface area contributed by atoms with Crippen LogP contribution >= 0.6 is 0 Å². The van der Waals surface area contributed by atoms with Crippen molar-refractivity contribution in [3.05, 3.63) is 53.2 Å². The molecule has 1 unspecified atom stereocenters. The molecule has 0 bridgehead atoms. The molecule has 1 aromatic carbocycles. The summed E-state index contributed by atoms with van der Waals surface area (Å²) in [6, 6.07) is 2.45. The standard InChI is InChI=1S/C20H22F3N3O2/c1-3-4-16(28)11-26(2)6-5-13-7-17(18(21)8-14(13)12-27)20-24-9-15(10-25-20)19(22)23/h5-10,12,16,19,28H,3-4,11H2,1-2H3/b6-5-. The third kappa shape index (κ3) is 5.63. The summed E-state index contributed by atoms with van der Waals surface area (Å²) in [5.74, 6) is -0.781. The molecule has 1 N–H and O–H groups in total. The molecule has 1 atom stereocenters. The second kappa shape index (κ2) is 9.98. The molecule has 0 radical (unpaired) electrons. The molecule has 1 aromatic heterocycles. The van der Waals surface area contributed by atoms with Crippen molar-refractivity contribution in [2.24, 2.45) is 0 Å². The van der Waals surface area contributed by atoms with Crippen molar-refractivity contribution in [2.45, 2.75) is 32.3 Å². The van der Waals surface area contributed by atoms with E-state index in [2.05, 4.69) is 9.97 Å². The van der Waals surface area contributed by atoms with E-state index >= 15 is 0 Å². The van der Waals surface area contributed by atoms with Gasteiger partial charge in [0.25, 0.3) is 6.43 Å². The average molecular weight is 393 g/mol. The fourth-order valence-electron chi connectivity index (χ4n) is 2.64. The van der Waals surface area contributed by atoms with Gasteiger partial charge >= 0.3 is 0 Å². The zero-order valence-corrected chi connectivity index (χ0v) is 15.6. The van der Waals surface area contributed by atoms with E-state index in [0.29, 0.717) is 24.8 Å². The van der Waals surface area contributed by atoms with Crippen LogP contribution in [0, 0.1) is 5.82 Å². The van der Waals surface area contributed by atoms with Crippen molar-refractivity contribution in [1.29, 1.82) is 0 Å². The first-order valence-corrected chi connectivity index (χ1v) is 8.81. The fourth-order valence-corrected chi connectivity index (χ4v) is 2.64. The number of aldehydes is 1. The number of aromatic nitrogens is 2. The lowest BCUT2D eigenvalue weighted by molar-refractivity contribution is 0.112. The Morgan fingerprint density at radius 2 is 1.89 bits per heavy atom. The van der Waals surface area contributed by atoms with Crippen LogP contribution in [0.25, 0.3) is 17.5 Å². The van der Waals surface area contributed by atoms with E-state index in [4.69, 9.17) is 0 Å². The molecule has 0 aliphatic heterocycles. The van der Waals surface area contributed by atoms with Crippen molar-refractivity contribution in [3.63, 3.8) is 0 Å². The highest BCUT2D eigenvalue weighted by Gasteiger charge is 2.14. The van der Waals surface area contributed by atoms with Gasteiger partial charge in [0.05, 0.1) is 17.2 Å². The lowest BCUT2D eigenvalue weighted by Gasteiger charge is -2.18. The molecule has 1 heterocycles. The van der Waals surface area contributed by atoms with Crippen LogP contribution in [0.3, 0.4) is 0 Å². The zero-order chi connectivity index (χ0) is 20.7. The second-order valence-corrected chi connectivity index (χ2v) is 6.42. The summed E-state index contributed by atoms with van der Waals surface area (Å²) in [7, 11) is 1.77. The van der Waals surface area contributed by atoms with E-state index in [1.165, 1.54) is 6.07 Å². The number of nitrogens with zero attached hydrogens (tertiary/aromatic N) is 3. The zero-order valence-electron chi connectivity index (χ0n) is 15.6. The monoisotopic (exact) mass is 393 g/mol. The minimum absolute atomic E-state index is 0.000243. The molecular formula is C20H22F3N3O2. The highest BCUT2D eigenvalue weighted by Crippen LogP contribution is 2.25. The number of carbonyl (C=O) groups is 1. The summed E-state index contributed by atoms with van der Waals surface area (Å²) in [5, 5.41) is 9.86. The highest BCUT2D eigenvalue weighted by molar-refractivity contribution is 5.84. The first-order valence-electron chi connectivity index (χ1n) is 8.81. The Morgan fingerprint density at radius 1 is 1.21 bits per heavy atom. The Balaban J connectivity index is 2.30. The summed E-state index contributed by atoms with van der Waals surface area (Å²) < 4.78 is 39.6. The smallest absolute Gasteiger partial charge is 0.266 e. The predicted molar refractivity (Wildman–Crippen MR) is 100 cm³/mol. The maximum absolute atomic E-state index is 14.4. The van der Waals surface area contributed by atoms with Gasteiger partial charge in [-0.2, -0.15) is 0 Å². The summed E-state index contributed by atoms with van der Waals surface area (Å²) in [6.45, 7) is 2.39. The number of rotatable bonds is 9. The van der Waals surface area contributed by atoms with E-state index in [1.54, 1.807) is 24.2 Å². The summed E-state index contributed by atoms with van der Waals surface area (Å²) in [6.07, 6.45) is 4.03. The fraction of sp³-hybridized carbons (Fsp3) is 0.350. The van der Waals surface area contributed by atoms with Gasteiger partial charge in [0.15, 0.2) is 12.1 Å². The van der Waals surface area contributed by atoms with Crippen molar-refractivity contribution in [2.75, 3.05) is 13.6 Å². The van der Waals surface area contributed by atoms with Gasteiger partial charge in [-0.15, -0.1) is 0 Å². The van der Waals surface area contributed by atoms with Crippen LogP contribution in [0.5, 0.6) is 0 Å². The maximum Gasteiger partial charge on any atom is 0.266 e. The van der Waals surface area contributed by atoms with Gasteiger partial charge in [-0.25, -0.2) is 23.1 Å². The molecule has 28 heavy (non-hydrogen) atoms. The van der Waals surface area contributed by atoms with Crippen LogP contribution in [-0.2, 0) is 0 Å².